The number of nitrogens with two attached hydrogens (primary N) is 4. The van der Waals surface area contributed by atoms with Gasteiger partial charge in [0.05, 0.1) is 25.4 Å². The van der Waals surface area contributed by atoms with Crippen molar-refractivity contribution in [3.05, 3.63) is 0 Å². The molecule has 1 saturated heterocycles. The number of rotatable bonds is 26. The summed E-state index contributed by atoms with van der Waals surface area (Å²) in [6.45, 7) is -0.401. The number of carbonyl (C=O) groups excluding carboxylic acids is 6. The molecule has 0 spiro atoms. The number of carbonyl (C=O) groups is 8. The Labute approximate surface area is 322 Å². The first-order valence-electron chi connectivity index (χ1n) is 18.1. The monoisotopic (exact) mass is 803 g/mol. The second kappa shape index (κ2) is 25.1. The second-order valence-corrected chi connectivity index (χ2v) is 13.1. The number of aliphatic imine (C=N–C) groups is 1. The number of hydrogen-bond donors (Lipinski definition) is 14. The van der Waals surface area contributed by atoms with Crippen LogP contribution < -0.4 is 49.5 Å². The minimum Gasteiger partial charge on any atom is -0.481 e. The number of amides is 6. The summed E-state index contributed by atoms with van der Waals surface area (Å²) in [5.41, 5.74) is 22.0. The lowest BCUT2D eigenvalue weighted by atomic mass is 10.0. The van der Waals surface area contributed by atoms with Gasteiger partial charge in [0.1, 0.15) is 36.3 Å². The summed E-state index contributed by atoms with van der Waals surface area (Å²) in [4.78, 5) is 107. The highest BCUT2D eigenvalue weighted by atomic mass is 16.4. The van der Waals surface area contributed by atoms with Gasteiger partial charge >= 0.3 is 11.9 Å². The molecule has 0 bridgehead atoms. The van der Waals surface area contributed by atoms with Crippen molar-refractivity contribution in [1.82, 2.24) is 31.5 Å². The van der Waals surface area contributed by atoms with Gasteiger partial charge in [-0.15, -0.1) is 0 Å². The Kier molecular flexibility index (Phi) is 21.9. The first-order chi connectivity index (χ1) is 26.4. The Morgan fingerprint density at radius 2 is 1.27 bits per heavy atom. The fourth-order valence-corrected chi connectivity index (χ4v) is 5.54. The van der Waals surface area contributed by atoms with E-state index in [4.69, 9.17) is 22.9 Å². The van der Waals surface area contributed by atoms with Crippen LogP contribution in [0.3, 0.4) is 0 Å². The zero-order valence-corrected chi connectivity index (χ0v) is 31.2. The summed E-state index contributed by atoms with van der Waals surface area (Å²) >= 11 is 0. The van der Waals surface area contributed by atoms with E-state index in [1.807, 2.05) is 0 Å². The molecule has 1 aliphatic rings. The first kappa shape index (κ1) is 48.8. The third-order valence-corrected chi connectivity index (χ3v) is 8.66. The lowest BCUT2D eigenvalue weighted by Crippen LogP contribution is -2.61. The molecule has 18 N–H and O–H groups in total. The number of nitrogens with one attached hydrogen (secondary N) is 5. The third kappa shape index (κ3) is 16.7. The number of guanidine groups is 1. The van der Waals surface area contributed by atoms with Crippen molar-refractivity contribution in [1.29, 1.82) is 0 Å². The summed E-state index contributed by atoms with van der Waals surface area (Å²) < 4.78 is 0. The maximum atomic E-state index is 13.6. The molecule has 24 nitrogen and oxygen atoms in total. The maximum Gasteiger partial charge on any atom is 0.326 e. The van der Waals surface area contributed by atoms with E-state index in [0.717, 1.165) is 4.90 Å². The van der Waals surface area contributed by atoms with Crippen LogP contribution in [0.2, 0.25) is 0 Å². The molecular weight excluding hydrogens is 746 g/mol. The lowest BCUT2D eigenvalue weighted by molar-refractivity contribution is -0.150. The summed E-state index contributed by atoms with van der Waals surface area (Å²) in [6, 6.07) is -10.5. The van der Waals surface area contributed by atoms with E-state index >= 15 is 0 Å². The topological polar surface area (TPSA) is 418 Å². The maximum absolute atomic E-state index is 13.6. The second-order valence-electron chi connectivity index (χ2n) is 13.1. The standard InChI is InChI=1S/C32H57N11O13/c1-16(46)24(30(54)43-13-5-8-22(43)31(55)56)42-27(51)18(7-4-12-37-32(35)36)38-26(50)19(9-10-23(47)48)39-28(52)21(15-45)41-29(53)20(14-44)40-25(49)17(34)6-2-3-11-33/h16-22,24,44-46H,2-15,33-34H2,1H3,(H,38,50)(H,39,52)(H,40,49)(H,41,53)(H,42,51)(H,47,48)(H,55,56)(H4,35,36,37)/t16-,17+,18+,19+,20+,21+,22+,24+/m1/s1. The van der Waals surface area contributed by atoms with Gasteiger partial charge in [-0.05, 0) is 58.4 Å². The zero-order chi connectivity index (χ0) is 42.5. The number of aliphatic carboxylic acids is 2. The minimum atomic E-state index is -1.79. The fraction of sp³-hybridized carbons (Fsp3) is 0.719. The molecule has 318 valence electrons. The molecule has 0 aromatic heterocycles. The molecule has 6 amide bonds. The van der Waals surface area contributed by atoms with Crippen molar-refractivity contribution < 1.29 is 63.9 Å². The van der Waals surface area contributed by atoms with Gasteiger partial charge in [-0.25, -0.2) is 4.79 Å². The molecule has 8 atom stereocenters. The smallest absolute Gasteiger partial charge is 0.326 e. The van der Waals surface area contributed by atoms with E-state index in [-0.39, 0.29) is 44.7 Å². The van der Waals surface area contributed by atoms with Crippen LogP contribution in [0.4, 0.5) is 0 Å². The number of carboxylic acids is 2. The van der Waals surface area contributed by atoms with Crippen molar-refractivity contribution in [3.63, 3.8) is 0 Å². The Morgan fingerprint density at radius 1 is 0.750 bits per heavy atom. The third-order valence-electron chi connectivity index (χ3n) is 8.66. The minimum absolute atomic E-state index is 0.0264. The predicted octanol–water partition coefficient (Wildman–Crippen LogP) is -6.77. The molecule has 0 aliphatic carbocycles. The summed E-state index contributed by atoms with van der Waals surface area (Å²) in [6.07, 6.45) is -1.05. The normalized spacial score (nSPS) is 17.5. The van der Waals surface area contributed by atoms with Gasteiger partial charge in [0.2, 0.25) is 35.4 Å². The highest BCUT2D eigenvalue weighted by Gasteiger charge is 2.40. The van der Waals surface area contributed by atoms with Crippen LogP contribution in [-0.4, -0.2) is 165 Å². The van der Waals surface area contributed by atoms with Crippen LogP contribution in [0.1, 0.15) is 64.7 Å². The summed E-state index contributed by atoms with van der Waals surface area (Å²) in [5, 5.41) is 60.2. The Morgan fingerprint density at radius 3 is 1.77 bits per heavy atom. The van der Waals surface area contributed by atoms with Crippen LogP contribution in [0.25, 0.3) is 0 Å². The van der Waals surface area contributed by atoms with Crippen molar-refractivity contribution in [2.75, 3.05) is 32.8 Å². The average Bonchev–Trinajstić information content (AvgIpc) is 3.64. The summed E-state index contributed by atoms with van der Waals surface area (Å²) in [5.74, 6) is -9.04. The molecule has 1 heterocycles. The van der Waals surface area contributed by atoms with E-state index in [0.29, 0.717) is 25.8 Å². The highest BCUT2D eigenvalue weighted by Crippen LogP contribution is 2.19. The Balaban J connectivity index is 3.23. The number of nitrogens with zero attached hydrogens (tertiary/aromatic N) is 2. The van der Waals surface area contributed by atoms with Crippen molar-refractivity contribution in [2.45, 2.75) is 113 Å². The van der Waals surface area contributed by atoms with Gasteiger partial charge < -0.3 is 80.0 Å². The molecule has 1 rings (SSSR count). The molecule has 24 heteroatoms. The largest absolute Gasteiger partial charge is 0.481 e. The summed E-state index contributed by atoms with van der Waals surface area (Å²) in [7, 11) is 0. The van der Waals surface area contributed by atoms with Gasteiger partial charge in [-0.3, -0.25) is 38.6 Å². The molecule has 1 aliphatic heterocycles. The Hall–Kier alpha value is -5.17. The molecule has 0 aromatic rings. The van der Waals surface area contributed by atoms with E-state index in [2.05, 4.69) is 31.6 Å². The van der Waals surface area contributed by atoms with E-state index in [1.165, 1.54) is 6.92 Å². The number of hydrogen-bond acceptors (Lipinski definition) is 14. The Bertz CT molecular complexity index is 1400. The number of aliphatic hydroxyl groups excluding tert-OH is 3. The number of carboxylic acid groups (broad SMARTS) is 2. The van der Waals surface area contributed by atoms with Crippen LogP contribution in [0.5, 0.6) is 0 Å². The molecule has 56 heavy (non-hydrogen) atoms. The predicted molar refractivity (Wildman–Crippen MR) is 196 cm³/mol. The van der Waals surface area contributed by atoms with Gasteiger partial charge in [-0.2, -0.15) is 0 Å². The van der Waals surface area contributed by atoms with E-state index < -0.39 is 122 Å². The fourth-order valence-electron chi connectivity index (χ4n) is 5.54. The van der Waals surface area contributed by atoms with Crippen LogP contribution in [0.15, 0.2) is 4.99 Å². The molecular formula is C32H57N11O13. The van der Waals surface area contributed by atoms with Crippen molar-refractivity contribution >= 4 is 53.3 Å². The van der Waals surface area contributed by atoms with Crippen LogP contribution in [0, 0.1) is 0 Å². The molecule has 1 fully saturated rings. The van der Waals surface area contributed by atoms with Gasteiger partial charge in [-0.1, -0.05) is 6.42 Å². The highest BCUT2D eigenvalue weighted by molar-refractivity contribution is 5.97. The quantitative estimate of drug-likeness (QED) is 0.0219. The first-order valence-corrected chi connectivity index (χ1v) is 18.1. The van der Waals surface area contributed by atoms with E-state index in [9.17, 15) is 63.9 Å². The number of aliphatic hydroxyl groups is 3. The van der Waals surface area contributed by atoms with Gasteiger partial charge in [0.25, 0.3) is 0 Å². The average molecular weight is 804 g/mol. The SMILES string of the molecule is C[C@@H](O)[C@H](NC(=O)[C@H](CCCN=C(N)N)NC(=O)[C@H](CCC(=O)O)NC(=O)[C@H](CO)NC(=O)[C@H](CO)NC(=O)[C@@H](N)CCCCN)C(=O)N1CCC[C@H]1C(=O)O. The molecule has 0 radical (unpaired) electrons. The lowest BCUT2D eigenvalue weighted by Gasteiger charge is -2.30. The van der Waals surface area contributed by atoms with Gasteiger partial charge in [0.15, 0.2) is 5.96 Å². The number of likely N-dealkylation sites (tertiary alicyclic amines) is 1. The van der Waals surface area contributed by atoms with E-state index in [1.54, 1.807) is 0 Å². The molecule has 0 saturated carbocycles. The molecule has 0 unspecified atom stereocenters. The van der Waals surface area contributed by atoms with Crippen molar-refractivity contribution in [2.24, 2.45) is 27.9 Å². The van der Waals surface area contributed by atoms with Crippen LogP contribution in [-0.2, 0) is 38.4 Å². The van der Waals surface area contributed by atoms with Crippen molar-refractivity contribution in [3.8, 4) is 0 Å². The van der Waals surface area contributed by atoms with Gasteiger partial charge in [0, 0.05) is 19.5 Å². The number of unbranched alkanes of at least 4 members (excludes halogenated alkanes) is 1. The zero-order valence-electron chi connectivity index (χ0n) is 31.2. The van der Waals surface area contributed by atoms with Crippen LogP contribution >= 0.6 is 0 Å². The molecule has 0 aromatic carbocycles.